The maximum absolute atomic E-state index is 4.45. The minimum atomic E-state index is 0.223. The van der Waals surface area contributed by atoms with Crippen LogP contribution in [0.5, 0.6) is 0 Å². The molecule has 0 saturated heterocycles. The highest BCUT2D eigenvalue weighted by Crippen LogP contribution is 2.27. The number of benzene rings is 1. The zero-order chi connectivity index (χ0) is 14.6. The van der Waals surface area contributed by atoms with Crippen LogP contribution in [0.15, 0.2) is 48.7 Å². The Labute approximate surface area is 123 Å². The van der Waals surface area contributed by atoms with E-state index in [0.29, 0.717) is 5.92 Å². The molecule has 1 heteroatoms. The fourth-order valence-electron chi connectivity index (χ4n) is 2.52. The lowest BCUT2D eigenvalue weighted by Crippen LogP contribution is -2.11. The quantitative estimate of drug-likeness (QED) is 0.749. The van der Waals surface area contributed by atoms with Crippen LogP contribution in [-0.2, 0) is 11.8 Å². The van der Waals surface area contributed by atoms with Crippen molar-refractivity contribution in [2.45, 2.75) is 51.9 Å². The van der Waals surface area contributed by atoms with E-state index >= 15 is 0 Å². The van der Waals surface area contributed by atoms with Crippen LogP contribution in [0.4, 0.5) is 0 Å². The van der Waals surface area contributed by atoms with E-state index in [1.807, 2.05) is 12.3 Å². The predicted octanol–water partition coefficient (Wildman–Crippen LogP) is 5.12. The Balaban J connectivity index is 2.16. The van der Waals surface area contributed by atoms with Crippen molar-refractivity contribution in [2.24, 2.45) is 0 Å². The van der Waals surface area contributed by atoms with E-state index in [1.165, 1.54) is 16.8 Å². The molecule has 106 valence electrons. The minimum absolute atomic E-state index is 0.223. The van der Waals surface area contributed by atoms with Crippen molar-refractivity contribution >= 4 is 0 Å². The first-order valence-electron chi connectivity index (χ1n) is 7.51. The van der Waals surface area contributed by atoms with Gasteiger partial charge in [0.1, 0.15) is 0 Å². The molecule has 1 nitrogen and oxygen atoms in total. The smallest absolute Gasteiger partial charge is 0.0409 e. The Kier molecular flexibility index (Phi) is 4.59. The molecule has 1 heterocycles. The van der Waals surface area contributed by atoms with Crippen molar-refractivity contribution in [2.75, 3.05) is 0 Å². The average Bonchev–Trinajstić information content (AvgIpc) is 2.45. The molecule has 20 heavy (non-hydrogen) atoms. The number of rotatable bonds is 4. The topological polar surface area (TPSA) is 12.9 Å². The standard InChI is InChI=1S/C19H25N/c1-5-15(14-18-8-6-7-13-20-18)16-9-11-17(12-10-16)19(2,3)4/h6-13,15H,5,14H2,1-4H3. The third-order valence-corrected chi connectivity index (χ3v) is 3.92. The maximum atomic E-state index is 4.45. The van der Waals surface area contributed by atoms with Crippen molar-refractivity contribution in [3.8, 4) is 0 Å². The Morgan fingerprint density at radius 1 is 1.00 bits per heavy atom. The Morgan fingerprint density at radius 2 is 1.70 bits per heavy atom. The van der Waals surface area contributed by atoms with Gasteiger partial charge in [-0.2, -0.15) is 0 Å². The fraction of sp³-hybridized carbons (Fsp3) is 0.421. The third-order valence-electron chi connectivity index (χ3n) is 3.92. The van der Waals surface area contributed by atoms with Gasteiger partial charge in [-0.05, 0) is 47.4 Å². The second-order valence-corrected chi connectivity index (χ2v) is 6.50. The zero-order valence-electron chi connectivity index (χ0n) is 13.1. The molecule has 1 aromatic carbocycles. The average molecular weight is 267 g/mol. The first-order valence-corrected chi connectivity index (χ1v) is 7.51. The fourth-order valence-corrected chi connectivity index (χ4v) is 2.52. The molecule has 0 saturated carbocycles. The Morgan fingerprint density at radius 3 is 2.20 bits per heavy atom. The van der Waals surface area contributed by atoms with Gasteiger partial charge in [0.2, 0.25) is 0 Å². The number of hydrogen-bond acceptors (Lipinski definition) is 1. The summed E-state index contributed by atoms with van der Waals surface area (Å²) in [7, 11) is 0. The normalized spacial score (nSPS) is 13.2. The molecule has 0 aliphatic carbocycles. The van der Waals surface area contributed by atoms with Crippen molar-refractivity contribution in [3.05, 3.63) is 65.5 Å². The second-order valence-electron chi connectivity index (χ2n) is 6.50. The van der Waals surface area contributed by atoms with Crippen LogP contribution in [-0.4, -0.2) is 4.98 Å². The van der Waals surface area contributed by atoms with Gasteiger partial charge in [-0.3, -0.25) is 4.98 Å². The molecule has 0 fully saturated rings. The molecule has 0 amide bonds. The summed E-state index contributed by atoms with van der Waals surface area (Å²) < 4.78 is 0. The molecule has 1 unspecified atom stereocenters. The van der Waals surface area contributed by atoms with Gasteiger partial charge in [0.25, 0.3) is 0 Å². The number of hydrogen-bond donors (Lipinski definition) is 0. The molecule has 0 bridgehead atoms. The molecule has 0 aliphatic heterocycles. The maximum Gasteiger partial charge on any atom is 0.0409 e. The molecule has 0 spiro atoms. The van der Waals surface area contributed by atoms with E-state index in [2.05, 4.69) is 69.1 Å². The highest BCUT2D eigenvalue weighted by Gasteiger charge is 2.15. The summed E-state index contributed by atoms with van der Waals surface area (Å²) in [5, 5.41) is 0. The second kappa shape index (κ2) is 6.21. The number of nitrogens with zero attached hydrogens (tertiary/aromatic N) is 1. The lowest BCUT2D eigenvalue weighted by Gasteiger charge is -2.21. The van der Waals surface area contributed by atoms with E-state index in [0.717, 1.165) is 12.8 Å². The van der Waals surface area contributed by atoms with Crippen molar-refractivity contribution in [3.63, 3.8) is 0 Å². The summed E-state index contributed by atoms with van der Waals surface area (Å²) in [5.74, 6) is 0.555. The molecule has 2 rings (SSSR count). The molecule has 1 aromatic heterocycles. The van der Waals surface area contributed by atoms with Gasteiger partial charge in [-0.25, -0.2) is 0 Å². The van der Waals surface area contributed by atoms with Gasteiger partial charge in [-0.15, -0.1) is 0 Å². The van der Waals surface area contributed by atoms with Gasteiger partial charge in [-0.1, -0.05) is 58.0 Å². The summed E-state index contributed by atoms with van der Waals surface area (Å²) in [6.45, 7) is 9.03. The Bertz CT molecular complexity index is 520. The third kappa shape index (κ3) is 3.69. The van der Waals surface area contributed by atoms with Crippen LogP contribution >= 0.6 is 0 Å². The summed E-state index contributed by atoms with van der Waals surface area (Å²) >= 11 is 0. The largest absolute Gasteiger partial charge is 0.261 e. The molecule has 0 radical (unpaired) electrons. The summed E-state index contributed by atoms with van der Waals surface area (Å²) in [6.07, 6.45) is 4.04. The number of pyridine rings is 1. The van der Waals surface area contributed by atoms with E-state index in [4.69, 9.17) is 0 Å². The van der Waals surface area contributed by atoms with E-state index in [1.54, 1.807) is 0 Å². The van der Waals surface area contributed by atoms with Gasteiger partial charge >= 0.3 is 0 Å². The number of aromatic nitrogens is 1. The van der Waals surface area contributed by atoms with Crippen LogP contribution in [0.2, 0.25) is 0 Å². The zero-order valence-corrected chi connectivity index (χ0v) is 13.1. The minimum Gasteiger partial charge on any atom is -0.261 e. The molecular weight excluding hydrogens is 242 g/mol. The van der Waals surface area contributed by atoms with Crippen molar-refractivity contribution < 1.29 is 0 Å². The van der Waals surface area contributed by atoms with E-state index < -0.39 is 0 Å². The Hall–Kier alpha value is -1.63. The molecular formula is C19H25N. The van der Waals surface area contributed by atoms with Gasteiger partial charge in [0.15, 0.2) is 0 Å². The van der Waals surface area contributed by atoms with Crippen molar-refractivity contribution in [1.82, 2.24) is 4.98 Å². The molecule has 0 aliphatic rings. The molecule has 0 N–H and O–H groups in total. The van der Waals surface area contributed by atoms with Crippen LogP contribution in [0.3, 0.4) is 0 Å². The SMILES string of the molecule is CCC(Cc1ccccn1)c1ccc(C(C)(C)C)cc1. The van der Waals surface area contributed by atoms with Gasteiger partial charge in [0.05, 0.1) is 0 Å². The van der Waals surface area contributed by atoms with Crippen LogP contribution in [0, 0.1) is 0 Å². The monoisotopic (exact) mass is 267 g/mol. The molecule has 2 aromatic rings. The lowest BCUT2D eigenvalue weighted by molar-refractivity contribution is 0.588. The van der Waals surface area contributed by atoms with E-state index in [-0.39, 0.29) is 5.41 Å². The first-order chi connectivity index (χ1) is 9.50. The van der Waals surface area contributed by atoms with Crippen LogP contribution < -0.4 is 0 Å². The summed E-state index contributed by atoms with van der Waals surface area (Å²) in [6, 6.07) is 15.3. The van der Waals surface area contributed by atoms with Crippen molar-refractivity contribution in [1.29, 1.82) is 0 Å². The van der Waals surface area contributed by atoms with Gasteiger partial charge in [0, 0.05) is 11.9 Å². The highest BCUT2D eigenvalue weighted by molar-refractivity contribution is 5.30. The lowest BCUT2D eigenvalue weighted by atomic mass is 9.84. The summed E-state index contributed by atoms with van der Waals surface area (Å²) in [4.78, 5) is 4.45. The van der Waals surface area contributed by atoms with Crippen LogP contribution in [0.25, 0.3) is 0 Å². The predicted molar refractivity (Wildman–Crippen MR) is 86.1 cm³/mol. The highest BCUT2D eigenvalue weighted by atomic mass is 14.7. The van der Waals surface area contributed by atoms with E-state index in [9.17, 15) is 0 Å². The van der Waals surface area contributed by atoms with Gasteiger partial charge < -0.3 is 0 Å². The summed E-state index contributed by atoms with van der Waals surface area (Å²) in [5.41, 5.74) is 4.22. The first kappa shape index (κ1) is 14.8. The molecule has 1 atom stereocenters. The van der Waals surface area contributed by atoms with Crippen LogP contribution in [0.1, 0.15) is 56.9 Å².